The van der Waals surface area contributed by atoms with Crippen LogP contribution in [0.4, 0.5) is 8.78 Å². The van der Waals surface area contributed by atoms with Crippen LogP contribution in [-0.4, -0.2) is 47.9 Å². The maximum Gasteiger partial charge on any atom is 0.256 e. The van der Waals surface area contributed by atoms with Crippen LogP contribution in [0, 0.1) is 24.5 Å². The van der Waals surface area contributed by atoms with Crippen LogP contribution in [0.2, 0.25) is 0 Å². The largest absolute Gasteiger partial charge is 0.490 e. The maximum absolute atomic E-state index is 14.6. The van der Waals surface area contributed by atoms with Crippen LogP contribution in [0.5, 0.6) is 11.5 Å². The number of benzene rings is 2. The number of pyridine rings is 1. The normalized spacial score (nSPS) is 15.4. The average Bonchev–Trinajstić information content (AvgIpc) is 2.78. The summed E-state index contributed by atoms with van der Waals surface area (Å²) in [5.74, 6) is -1.29. The van der Waals surface area contributed by atoms with E-state index < -0.39 is 17.5 Å². The van der Waals surface area contributed by atoms with E-state index in [9.17, 15) is 18.4 Å². The summed E-state index contributed by atoms with van der Waals surface area (Å²) in [6, 6.07) is 11.0. The van der Waals surface area contributed by atoms with Crippen molar-refractivity contribution in [2.24, 2.45) is 5.92 Å². The second-order valence-electron chi connectivity index (χ2n) is 8.69. The van der Waals surface area contributed by atoms with Crippen LogP contribution in [-0.2, 0) is 11.2 Å². The van der Waals surface area contributed by atoms with Crippen molar-refractivity contribution in [3.63, 3.8) is 0 Å². The van der Waals surface area contributed by atoms with Gasteiger partial charge in [0.2, 0.25) is 0 Å². The molecule has 8 heteroatoms. The predicted octanol–water partition coefficient (Wildman–Crippen LogP) is 3.99. The van der Waals surface area contributed by atoms with E-state index in [1.807, 2.05) is 19.1 Å². The molecule has 34 heavy (non-hydrogen) atoms. The number of ketones is 1. The smallest absolute Gasteiger partial charge is 0.256 e. The Kier molecular flexibility index (Phi) is 5.73. The minimum absolute atomic E-state index is 0.00654. The molecule has 5 rings (SSSR count). The molecule has 1 saturated heterocycles. The predicted molar refractivity (Wildman–Crippen MR) is 120 cm³/mol. The molecule has 0 aliphatic carbocycles. The Bertz CT molecular complexity index is 1290. The highest BCUT2D eigenvalue weighted by Crippen LogP contribution is 2.30. The van der Waals surface area contributed by atoms with Crippen LogP contribution in [0.1, 0.15) is 21.5 Å². The Balaban J connectivity index is 1.18. The van der Waals surface area contributed by atoms with Gasteiger partial charge in [-0.05, 0) is 48.9 Å². The number of carbonyl (C=O) groups is 2. The van der Waals surface area contributed by atoms with Crippen LogP contribution in [0.15, 0.2) is 48.7 Å². The van der Waals surface area contributed by atoms with Crippen LogP contribution >= 0.6 is 0 Å². The first-order valence-corrected chi connectivity index (χ1v) is 11.0. The molecule has 0 atom stereocenters. The van der Waals surface area contributed by atoms with Gasteiger partial charge < -0.3 is 14.4 Å². The number of ether oxygens (including phenoxy) is 2. The Morgan fingerprint density at radius 2 is 1.97 bits per heavy atom. The lowest BCUT2D eigenvalue weighted by Gasteiger charge is -2.39. The van der Waals surface area contributed by atoms with Crippen LogP contribution < -0.4 is 9.47 Å². The zero-order valence-electron chi connectivity index (χ0n) is 18.5. The number of hydrogen-bond donors (Lipinski definition) is 0. The number of aryl methyl sites for hydroxylation is 1. The number of carbonyl (C=O) groups excluding carboxylic acids is 2. The number of rotatable bonds is 5. The summed E-state index contributed by atoms with van der Waals surface area (Å²) in [5.41, 5.74) is 2.81. The van der Waals surface area contributed by atoms with Crippen LogP contribution in [0.3, 0.4) is 0 Å². The van der Waals surface area contributed by atoms with Gasteiger partial charge in [-0.1, -0.05) is 0 Å². The van der Waals surface area contributed by atoms with Gasteiger partial charge in [0.25, 0.3) is 5.91 Å². The minimum atomic E-state index is -0.678. The van der Waals surface area contributed by atoms with Crippen molar-refractivity contribution in [1.82, 2.24) is 9.88 Å². The molecular formula is C26H22F2N2O4. The Labute approximate surface area is 195 Å². The van der Waals surface area contributed by atoms with Gasteiger partial charge in [-0.3, -0.25) is 14.6 Å². The molecule has 0 bridgehead atoms. The monoisotopic (exact) mass is 464 g/mol. The standard InChI is InChI=1S/C26H22F2N2O4/c1-15-4-5-29-23(6-15)17-2-3-24(22(28)9-17)33-13-16-11-30(12-16)26(32)20-8-18-7-19(31)14-34-25(18)10-21(20)27/h2-6,8-10,16H,7,11-14H2,1H3. The van der Waals surface area contributed by atoms with Crippen LogP contribution in [0.25, 0.3) is 11.3 Å². The van der Waals surface area contributed by atoms with Gasteiger partial charge in [0, 0.05) is 48.8 Å². The molecule has 1 aromatic heterocycles. The van der Waals surface area contributed by atoms with Gasteiger partial charge in [-0.15, -0.1) is 0 Å². The van der Waals surface area contributed by atoms with Gasteiger partial charge in [0.1, 0.15) is 18.2 Å². The first kappa shape index (κ1) is 22.0. The zero-order valence-corrected chi connectivity index (χ0v) is 18.5. The first-order valence-electron chi connectivity index (χ1n) is 11.0. The fourth-order valence-corrected chi connectivity index (χ4v) is 4.15. The van der Waals surface area contributed by atoms with Gasteiger partial charge in [-0.25, -0.2) is 8.78 Å². The number of hydrogen-bond acceptors (Lipinski definition) is 5. The van der Waals surface area contributed by atoms with Crippen molar-refractivity contribution < 1.29 is 27.8 Å². The lowest BCUT2D eigenvalue weighted by Crippen LogP contribution is -2.52. The number of fused-ring (bicyclic) bond motifs is 1. The third kappa shape index (κ3) is 4.35. The summed E-state index contributed by atoms with van der Waals surface area (Å²) in [6.07, 6.45) is 1.80. The number of halogens is 2. The molecule has 0 saturated carbocycles. The summed E-state index contributed by atoms with van der Waals surface area (Å²) in [5, 5.41) is 0. The van der Waals surface area contributed by atoms with Gasteiger partial charge in [0.05, 0.1) is 17.9 Å². The first-order chi connectivity index (χ1) is 16.4. The van der Waals surface area contributed by atoms with E-state index in [0.29, 0.717) is 35.7 Å². The Morgan fingerprint density at radius 3 is 2.74 bits per heavy atom. The lowest BCUT2D eigenvalue weighted by molar-refractivity contribution is -0.121. The van der Waals surface area contributed by atoms with Crippen molar-refractivity contribution in [2.45, 2.75) is 13.3 Å². The average molecular weight is 464 g/mol. The Hall–Kier alpha value is -3.81. The van der Waals surface area contributed by atoms with E-state index >= 15 is 0 Å². The van der Waals surface area contributed by atoms with E-state index in [0.717, 1.165) is 11.6 Å². The van der Waals surface area contributed by atoms with Crippen molar-refractivity contribution >= 4 is 11.7 Å². The summed E-state index contributed by atoms with van der Waals surface area (Å²) in [4.78, 5) is 30.1. The fourth-order valence-electron chi connectivity index (χ4n) is 4.15. The highest BCUT2D eigenvalue weighted by atomic mass is 19.1. The lowest BCUT2D eigenvalue weighted by atomic mass is 9.97. The summed E-state index contributed by atoms with van der Waals surface area (Å²) >= 11 is 0. The molecule has 0 unspecified atom stereocenters. The molecule has 6 nitrogen and oxygen atoms in total. The molecule has 0 radical (unpaired) electrons. The van der Waals surface area contributed by atoms with E-state index in [2.05, 4.69) is 4.98 Å². The van der Waals surface area contributed by atoms with Gasteiger partial charge in [0.15, 0.2) is 17.3 Å². The highest BCUT2D eigenvalue weighted by molar-refractivity contribution is 5.96. The summed E-state index contributed by atoms with van der Waals surface area (Å²) in [6.45, 7) is 2.84. The van der Waals surface area contributed by atoms with Crippen molar-refractivity contribution in [1.29, 1.82) is 0 Å². The third-order valence-corrected chi connectivity index (χ3v) is 6.02. The molecule has 3 heterocycles. The fraction of sp³-hybridized carbons (Fsp3) is 0.269. The third-order valence-electron chi connectivity index (χ3n) is 6.02. The van der Waals surface area contributed by atoms with E-state index in [-0.39, 0.29) is 42.6 Å². The second-order valence-corrected chi connectivity index (χ2v) is 8.69. The number of amides is 1. The molecular weight excluding hydrogens is 442 g/mol. The van der Waals surface area contributed by atoms with E-state index in [1.54, 1.807) is 18.3 Å². The number of nitrogens with zero attached hydrogens (tertiary/aromatic N) is 2. The number of Topliss-reactive ketones (excluding diaryl/α,β-unsaturated/α-hetero) is 1. The topological polar surface area (TPSA) is 68.7 Å². The molecule has 3 aromatic rings. The molecule has 2 aromatic carbocycles. The van der Waals surface area contributed by atoms with Crippen molar-refractivity contribution in [3.05, 3.63) is 77.0 Å². The number of likely N-dealkylation sites (tertiary alicyclic amines) is 1. The molecule has 1 amide bonds. The molecule has 174 valence electrons. The van der Waals surface area contributed by atoms with E-state index in [4.69, 9.17) is 9.47 Å². The molecule has 2 aliphatic rings. The van der Waals surface area contributed by atoms with Gasteiger partial charge in [-0.2, -0.15) is 0 Å². The molecule has 0 N–H and O–H groups in total. The summed E-state index contributed by atoms with van der Waals surface area (Å²) in [7, 11) is 0. The minimum Gasteiger partial charge on any atom is -0.490 e. The maximum atomic E-state index is 14.6. The zero-order chi connectivity index (χ0) is 23.8. The number of aromatic nitrogens is 1. The van der Waals surface area contributed by atoms with Crippen molar-refractivity contribution in [2.75, 3.05) is 26.3 Å². The molecule has 0 spiro atoms. The quantitative estimate of drug-likeness (QED) is 0.571. The van der Waals surface area contributed by atoms with E-state index in [1.165, 1.54) is 17.0 Å². The summed E-state index contributed by atoms with van der Waals surface area (Å²) < 4.78 is 39.9. The molecule has 2 aliphatic heterocycles. The van der Waals surface area contributed by atoms with Crippen molar-refractivity contribution in [3.8, 4) is 22.8 Å². The highest BCUT2D eigenvalue weighted by Gasteiger charge is 2.34. The van der Waals surface area contributed by atoms with Gasteiger partial charge >= 0.3 is 0 Å². The second kappa shape index (κ2) is 8.85. The Morgan fingerprint density at radius 1 is 1.15 bits per heavy atom. The SMILES string of the molecule is Cc1ccnc(-c2ccc(OCC3CN(C(=O)c4cc5c(cc4F)OCC(=O)C5)C3)c(F)c2)c1. The molecule has 1 fully saturated rings.